The molecule has 0 bridgehead atoms. The minimum Gasteiger partial charge on any atom is -0.481 e. The molecule has 0 amide bonds. The molecule has 0 aliphatic carbocycles. The largest absolute Gasteiger partial charge is 0.481 e. The maximum atomic E-state index is 12.7. The summed E-state index contributed by atoms with van der Waals surface area (Å²) in [4.78, 5) is 24.3. The van der Waals surface area contributed by atoms with Gasteiger partial charge in [-0.1, -0.05) is 40.5 Å². The van der Waals surface area contributed by atoms with E-state index in [1.165, 1.54) is 18.9 Å². The highest BCUT2D eigenvalue weighted by Crippen LogP contribution is 2.41. The lowest BCUT2D eigenvalue weighted by Gasteiger charge is -2.37. The highest BCUT2D eigenvalue weighted by Gasteiger charge is 2.42. The summed E-state index contributed by atoms with van der Waals surface area (Å²) in [6, 6.07) is 2.18. The van der Waals surface area contributed by atoms with Crippen LogP contribution in [-0.4, -0.2) is 40.3 Å². The average Bonchev–Trinajstić information content (AvgIpc) is 2.54. The first kappa shape index (κ1) is 29.3. The van der Waals surface area contributed by atoms with Crippen molar-refractivity contribution in [3.63, 3.8) is 0 Å². The Bertz CT molecular complexity index is 556. The van der Waals surface area contributed by atoms with Crippen molar-refractivity contribution in [3.05, 3.63) is 0 Å². The molecule has 5 nitrogen and oxygen atoms in total. The topological polar surface area (TPSA) is 72.8 Å². The second-order valence-electron chi connectivity index (χ2n) is 11.3. The second kappa shape index (κ2) is 11.8. The zero-order valence-corrected chi connectivity index (χ0v) is 23.3. The van der Waals surface area contributed by atoms with Crippen molar-refractivity contribution < 1.29 is 23.5 Å². The average molecular weight is 461 g/mol. The third-order valence-corrected chi connectivity index (χ3v) is 13.5. The van der Waals surface area contributed by atoms with Crippen molar-refractivity contribution in [1.82, 2.24) is 0 Å². The van der Waals surface area contributed by atoms with Gasteiger partial charge in [0.2, 0.25) is 0 Å². The molecular weight excluding hydrogens is 412 g/mol. The van der Waals surface area contributed by atoms with Gasteiger partial charge >= 0.3 is 11.9 Å². The van der Waals surface area contributed by atoms with E-state index in [0.717, 1.165) is 12.5 Å². The van der Waals surface area contributed by atoms with Crippen molar-refractivity contribution in [3.8, 4) is 0 Å². The summed E-state index contributed by atoms with van der Waals surface area (Å²) in [7, 11) is -3.39. The Hall–Kier alpha value is -0.666. The van der Waals surface area contributed by atoms with E-state index < -0.39 is 39.4 Å². The normalized spacial score (nSPS) is 14.5. The van der Waals surface area contributed by atoms with Crippen molar-refractivity contribution in [2.45, 2.75) is 112 Å². The first-order valence-corrected chi connectivity index (χ1v) is 17.8. The van der Waals surface area contributed by atoms with Gasteiger partial charge in [0.25, 0.3) is 0 Å². The third kappa shape index (κ3) is 10.6. The van der Waals surface area contributed by atoms with Gasteiger partial charge in [-0.2, -0.15) is 0 Å². The molecule has 0 spiro atoms. The number of carboxylic acid groups (broad SMARTS) is 1. The van der Waals surface area contributed by atoms with E-state index in [0.29, 0.717) is 19.4 Å². The van der Waals surface area contributed by atoms with Gasteiger partial charge in [0.05, 0.1) is 17.9 Å². The Morgan fingerprint density at radius 3 is 1.87 bits per heavy atom. The van der Waals surface area contributed by atoms with Crippen LogP contribution >= 0.6 is 0 Å². The van der Waals surface area contributed by atoms with E-state index in [4.69, 9.17) is 8.85 Å². The zero-order valence-electron chi connectivity index (χ0n) is 21.3. The Labute approximate surface area is 187 Å². The molecule has 0 aromatic rings. The molecule has 0 heterocycles. The molecule has 0 aliphatic rings. The fourth-order valence-electron chi connectivity index (χ4n) is 4.71. The van der Waals surface area contributed by atoms with Crippen molar-refractivity contribution in [1.29, 1.82) is 0 Å². The van der Waals surface area contributed by atoms with Crippen LogP contribution < -0.4 is 0 Å². The molecule has 178 valence electrons. The lowest BCUT2D eigenvalue weighted by Crippen LogP contribution is -2.44. The number of esters is 1. The molecule has 0 saturated carbocycles. The minimum absolute atomic E-state index is 0.242. The summed E-state index contributed by atoms with van der Waals surface area (Å²) < 4.78 is 12.2. The van der Waals surface area contributed by atoms with Gasteiger partial charge in [0.15, 0.2) is 16.6 Å². The van der Waals surface area contributed by atoms with Crippen LogP contribution in [0.2, 0.25) is 38.3 Å². The molecule has 0 fully saturated rings. The number of ether oxygens (including phenoxy) is 1. The summed E-state index contributed by atoms with van der Waals surface area (Å²) in [6.45, 7) is 21.2. The predicted octanol–water partition coefficient (Wildman–Crippen LogP) is 6.70. The summed E-state index contributed by atoms with van der Waals surface area (Å²) in [6.07, 6.45) is 4.27. The highest BCUT2D eigenvalue weighted by molar-refractivity contribution is 6.84. The van der Waals surface area contributed by atoms with Crippen LogP contribution in [0.1, 0.15) is 73.6 Å². The molecule has 1 unspecified atom stereocenters. The molecule has 30 heavy (non-hydrogen) atoms. The summed E-state index contributed by atoms with van der Waals surface area (Å²) in [5.74, 6) is -1.52. The smallest absolute Gasteiger partial charge is 0.311 e. The van der Waals surface area contributed by atoms with Gasteiger partial charge in [-0.05, 0) is 76.8 Å². The molecule has 1 atom stereocenters. The third-order valence-electron chi connectivity index (χ3n) is 5.94. The molecule has 0 aliphatic heterocycles. The van der Waals surface area contributed by atoms with E-state index in [1.54, 1.807) is 0 Å². The number of aliphatic carboxylic acids is 1. The first-order valence-electron chi connectivity index (χ1n) is 11.6. The zero-order chi connectivity index (χ0) is 23.8. The fraction of sp³-hybridized carbons (Fsp3) is 0.913. The summed E-state index contributed by atoms with van der Waals surface area (Å²) in [5, 5.41) is 9.50. The molecule has 0 aromatic heterocycles. The van der Waals surface area contributed by atoms with Crippen LogP contribution in [0, 0.1) is 16.7 Å². The van der Waals surface area contributed by atoms with Crippen LogP contribution in [-0.2, 0) is 18.4 Å². The molecule has 0 radical (unpaired) electrons. The van der Waals surface area contributed by atoms with Gasteiger partial charge in [-0.15, -0.1) is 0 Å². The van der Waals surface area contributed by atoms with Gasteiger partial charge in [-0.3, -0.25) is 9.59 Å². The number of hydrogen-bond donors (Lipinski definition) is 1. The number of carbonyl (C=O) groups is 2. The van der Waals surface area contributed by atoms with Crippen LogP contribution in [0.3, 0.4) is 0 Å². The Morgan fingerprint density at radius 2 is 1.43 bits per heavy atom. The maximum Gasteiger partial charge on any atom is 0.311 e. The van der Waals surface area contributed by atoms with Crippen LogP contribution in [0.5, 0.6) is 0 Å². The number of carboxylic acids is 1. The van der Waals surface area contributed by atoms with Gasteiger partial charge in [-0.25, -0.2) is 0 Å². The number of carbonyl (C=O) groups excluding carboxylic acids is 1. The quantitative estimate of drug-likeness (QED) is 0.167. The van der Waals surface area contributed by atoms with Gasteiger partial charge in [0, 0.05) is 0 Å². The summed E-state index contributed by atoms with van der Waals surface area (Å²) >= 11 is 0. The Morgan fingerprint density at radius 1 is 0.933 bits per heavy atom. The Kier molecular flexibility index (Phi) is 11.5. The molecule has 0 saturated heterocycles. The SMILES string of the molecule is CCCC[Si](C)(C)O[Si](C)(C)CCCOC(=O)C(C)(C)CC(C)(C)C(CC)C(=O)O. The van der Waals surface area contributed by atoms with Crippen LogP contribution in [0.15, 0.2) is 0 Å². The van der Waals surface area contributed by atoms with Crippen molar-refractivity contribution in [2.24, 2.45) is 16.7 Å². The lowest BCUT2D eigenvalue weighted by atomic mass is 9.67. The van der Waals surface area contributed by atoms with Crippen molar-refractivity contribution in [2.75, 3.05) is 6.61 Å². The maximum absolute atomic E-state index is 12.7. The lowest BCUT2D eigenvalue weighted by molar-refractivity contribution is -0.159. The van der Waals surface area contributed by atoms with Gasteiger partial charge < -0.3 is 14.0 Å². The standard InChI is InChI=1S/C23H48O5Si2/c1-11-13-16-29(7,8)28-30(9,10)17-14-15-27-21(26)23(5,6)18-22(3,4)19(12-2)20(24)25/h19H,11-18H2,1-10H3,(H,24,25). The number of rotatable bonds is 15. The van der Waals surface area contributed by atoms with E-state index in [2.05, 4.69) is 33.1 Å². The molecule has 7 heteroatoms. The van der Waals surface area contributed by atoms with Crippen LogP contribution in [0.25, 0.3) is 0 Å². The molecular formula is C23H48O5Si2. The highest BCUT2D eigenvalue weighted by atomic mass is 28.4. The second-order valence-corrected chi connectivity index (χ2v) is 20.2. The number of hydrogen-bond acceptors (Lipinski definition) is 4. The first-order chi connectivity index (χ1) is 13.5. The van der Waals surface area contributed by atoms with E-state index in [1.807, 2.05) is 34.6 Å². The summed E-state index contributed by atoms with van der Waals surface area (Å²) in [5.41, 5.74) is -1.20. The van der Waals surface area contributed by atoms with E-state index >= 15 is 0 Å². The monoisotopic (exact) mass is 460 g/mol. The van der Waals surface area contributed by atoms with Gasteiger partial charge in [0.1, 0.15) is 0 Å². The fourth-order valence-corrected chi connectivity index (χ4v) is 13.7. The van der Waals surface area contributed by atoms with E-state index in [-0.39, 0.29) is 5.97 Å². The molecule has 0 aromatic carbocycles. The van der Waals surface area contributed by atoms with Crippen LogP contribution in [0.4, 0.5) is 0 Å². The molecule has 0 rings (SSSR count). The minimum atomic E-state index is -1.77. The van der Waals surface area contributed by atoms with E-state index in [9.17, 15) is 14.7 Å². The number of unbranched alkanes of at least 4 members (excludes halogenated alkanes) is 1. The Balaban J connectivity index is 4.66. The predicted molar refractivity (Wildman–Crippen MR) is 130 cm³/mol. The van der Waals surface area contributed by atoms with Crippen molar-refractivity contribution >= 4 is 28.6 Å². The molecule has 1 N–H and O–H groups in total.